The van der Waals surface area contributed by atoms with E-state index in [1.54, 1.807) is 0 Å². The van der Waals surface area contributed by atoms with Gasteiger partial charge >= 0.3 is 11.9 Å². The zero-order valence-electron chi connectivity index (χ0n) is 18.2. The molecule has 1 saturated heterocycles. The van der Waals surface area contributed by atoms with Crippen LogP contribution in [-0.4, -0.2) is 35.4 Å². The first-order chi connectivity index (χ1) is 13.7. The molecular weight excluding hydrogens is 368 g/mol. The molecule has 1 fully saturated rings. The van der Waals surface area contributed by atoms with Crippen LogP contribution in [0.4, 0.5) is 0 Å². The first kappa shape index (κ1) is 22.1. The number of cyclic esters (lactones) is 1. The molecule has 162 valence electrons. The van der Waals surface area contributed by atoms with Crippen molar-refractivity contribution in [1.29, 1.82) is 0 Å². The van der Waals surface area contributed by atoms with Crippen molar-refractivity contribution < 1.29 is 24.2 Å². The Labute approximate surface area is 174 Å². The molecule has 0 saturated carbocycles. The lowest BCUT2D eigenvalue weighted by Gasteiger charge is -2.42. The average molecular weight is 405 g/mol. The first-order valence-electron chi connectivity index (χ1n) is 11.2. The van der Waals surface area contributed by atoms with Crippen LogP contribution in [-0.2, 0) is 19.1 Å². The SMILES string of the molecule is CCC(C)(C)C(=O)O[C@H]1CCC=C2C=C[C@H](C)C(CC[C@@H]3C[C@@H](O)CC(=O)O3)[C@H]21. The second kappa shape index (κ2) is 9.03. The maximum absolute atomic E-state index is 12.8. The molecule has 0 amide bonds. The number of carbonyl (C=O) groups excluding carboxylic acids is 2. The second-order valence-electron chi connectivity index (χ2n) is 9.65. The smallest absolute Gasteiger partial charge is 0.311 e. The van der Waals surface area contributed by atoms with E-state index < -0.39 is 11.5 Å². The maximum atomic E-state index is 12.8. The number of allylic oxidation sites excluding steroid dienone is 3. The molecule has 1 unspecified atom stereocenters. The minimum atomic E-state index is -0.597. The van der Waals surface area contributed by atoms with Crippen molar-refractivity contribution in [3.63, 3.8) is 0 Å². The Morgan fingerprint density at radius 3 is 2.79 bits per heavy atom. The minimum absolute atomic E-state index is 0.0970. The van der Waals surface area contributed by atoms with Crippen molar-refractivity contribution in [1.82, 2.24) is 0 Å². The summed E-state index contributed by atoms with van der Waals surface area (Å²) < 4.78 is 11.5. The molecule has 3 aliphatic rings. The van der Waals surface area contributed by atoms with Crippen LogP contribution in [0.25, 0.3) is 0 Å². The van der Waals surface area contributed by atoms with Crippen molar-refractivity contribution in [3.05, 3.63) is 23.8 Å². The highest BCUT2D eigenvalue weighted by molar-refractivity contribution is 5.76. The Kier molecular flexibility index (Phi) is 6.87. The number of rotatable bonds is 6. The largest absolute Gasteiger partial charge is 0.462 e. The van der Waals surface area contributed by atoms with Crippen LogP contribution in [0.1, 0.15) is 72.6 Å². The molecule has 1 N–H and O–H groups in total. The molecule has 0 spiro atoms. The van der Waals surface area contributed by atoms with Crippen molar-refractivity contribution in [2.75, 3.05) is 0 Å². The molecule has 0 bridgehead atoms. The third-order valence-electron chi connectivity index (χ3n) is 7.10. The van der Waals surface area contributed by atoms with E-state index in [0.29, 0.717) is 18.3 Å². The van der Waals surface area contributed by atoms with Gasteiger partial charge in [0.2, 0.25) is 0 Å². The number of hydrogen-bond donors (Lipinski definition) is 1. The highest BCUT2D eigenvalue weighted by Crippen LogP contribution is 2.44. The van der Waals surface area contributed by atoms with Gasteiger partial charge in [0.15, 0.2) is 0 Å². The first-order valence-corrected chi connectivity index (χ1v) is 11.2. The van der Waals surface area contributed by atoms with E-state index >= 15 is 0 Å². The van der Waals surface area contributed by atoms with E-state index in [-0.39, 0.29) is 36.5 Å². The van der Waals surface area contributed by atoms with Crippen molar-refractivity contribution in [2.24, 2.45) is 23.2 Å². The number of carbonyl (C=O) groups is 2. The molecule has 5 nitrogen and oxygen atoms in total. The van der Waals surface area contributed by atoms with Crippen LogP contribution < -0.4 is 0 Å². The summed E-state index contributed by atoms with van der Waals surface area (Å²) in [5.41, 5.74) is 0.798. The Morgan fingerprint density at radius 1 is 1.34 bits per heavy atom. The number of hydrogen-bond acceptors (Lipinski definition) is 5. The van der Waals surface area contributed by atoms with Crippen LogP contribution in [0.2, 0.25) is 0 Å². The van der Waals surface area contributed by atoms with Gasteiger partial charge in [0.25, 0.3) is 0 Å². The Bertz CT molecular complexity index is 677. The predicted molar refractivity (Wildman–Crippen MR) is 111 cm³/mol. The molecule has 29 heavy (non-hydrogen) atoms. The number of aliphatic hydroxyl groups excluding tert-OH is 1. The van der Waals surface area contributed by atoms with Gasteiger partial charge in [-0.05, 0) is 63.4 Å². The summed E-state index contributed by atoms with van der Waals surface area (Å²) in [7, 11) is 0. The summed E-state index contributed by atoms with van der Waals surface area (Å²) in [6.07, 6.45) is 10.5. The van der Waals surface area contributed by atoms with E-state index in [0.717, 1.165) is 32.1 Å². The van der Waals surface area contributed by atoms with Gasteiger partial charge in [-0.1, -0.05) is 32.1 Å². The number of aliphatic hydroxyl groups is 1. The standard InChI is InChI=1S/C24H36O5/c1-5-24(3,4)23(27)29-20-8-6-7-16-10-9-15(2)19(22(16)20)12-11-18-13-17(25)14-21(26)28-18/h7,9-10,15,17-20,22,25H,5-6,8,11-14H2,1-4H3/t15-,17+,18+,19?,20-,22-/m0/s1. The van der Waals surface area contributed by atoms with E-state index in [1.807, 2.05) is 20.8 Å². The lowest BCUT2D eigenvalue weighted by Crippen LogP contribution is -2.42. The number of ether oxygens (including phenoxy) is 2. The van der Waals surface area contributed by atoms with Gasteiger partial charge in [0.1, 0.15) is 12.2 Å². The molecule has 0 radical (unpaired) electrons. The summed E-state index contributed by atoms with van der Waals surface area (Å²) in [4.78, 5) is 24.4. The minimum Gasteiger partial charge on any atom is -0.462 e. The summed E-state index contributed by atoms with van der Waals surface area (Å²) >= 11 is 0. The molecule has 1 heterocycles. The van der Waals surface area contributed by atoms with Gasteiger partial charge in [0, 0.05) is 12.3 Å². The zero-order valence-corrected chi connectivity index (χ0v) is 18.2. The fourth-order valence-corrected chi connectivity index (χ4v) is 4.81. The number of fused-ring (bicyclic) bond motifs is 1. The van der Waals surface area contributed by atoms with E-state index in [9.17, 15) is 14.7 Å². The van der Waals surface area contributed by atoms with E-state index in [1.165, 1.54) is 5.57 Å². The lowest BCUT2D eigenvalue weighted by atomic mass is 9.66. The fraction of sp³-hybridized carbons (Fsp3) is 0.750. The van der Waals surface area contributed by atoms with Gasteiger partial charge < -0.3 is 14.6 Å². The zero-order chi connectivity index (χ0) is 21.2. The topological polar surface area (TPSA) is 72.8 Å². The van der Waals surface area contributed by atoms with Crippen LogP contribution in [0.3, 0.4) is 0 Å². The summed E-state index contributed by atoms with van der Waals surface area (Å²) in [5.74, 6) is 0.449. The van der Waals surface area contributed by atoms with E-state index in [4.69, 9.17) is 9.47 Å². The lowest BCUT2D eigenvalue weighted by molar-refractivity contribution is -0.165. The Balaban J connectivity index is 1.72. The monoisotopic (exact) mass is 404 g/mol. The number of esters is 2. The molecule has 6 atom stereocenters. The fourth-order valence-electron chi connectivity index (χ4n) is 4.81. The predicted octanol–water partition coefficient (Wildman–Crippen LogP) is 4.34. The second-order valence-corrected chi connectivity index (χ2v) is 9.65. The molecule has 3 rings (SSSR count). The van der Waals surface area contributed by atoms with Crippen molar-refractivity contribution in [2.45, 2.75) is 91.0 Å². The van der Waals surface area contributed by atoms with Gasteiger partial charge in [-0.15, -0.1) is 0 Å². The third kappa shape index (κ3) is 5.11. The normalized spacial score (nSPS) is 34.8. The van der Waals surface area contributed by atoms with Crippen LogP contribution in [0.5, 0.6) is 0 Å². The highest BCUT2D eigenvalue weighted by atomic mass is 16.6. The molecule has 0 aromatic rings. The van der Waals surface area contributed by atoms with Crippen LogP contribution in [0.15, 0.2) is 23.8 Å². The third-order valence-corrected chi connectivity index (χ3v) is 7.10. The molecular formula is C24H36O5. The van der Waals surface area contributed by atoms with Gasteiger partial charge in [0.05, 0.1) is 17.9 Å². The van der Waals surface area contributed by atoms with Crippen molar-refractivity contribution in [3.8, 4) is 0 Å². The molecule has 2 aliphatic carbocycles. The molecule has 0 aromatic carbocycles. The Hall–Kier alpha value is -1.62. The summed E-state index contributed by atoms with van der Waals surface area (Å²) in [5, 5.41) is 9.89. The molecule has 0 aromatic heterocycles. The van der Waals surface area contributed by atoms with E-state index in [2.05, 4.69) is 25.2 Å². The van der Waals surface area contributed by atoms with Crippen molar-refractivity contribution >= 4 is 11.9 Å². The summed E-state index contributed by atoms with van der Waals surface area (Å²) in [6, 6.07) is 0. The average Bonchev–Trinajstić information content (AvgIpc) is 2.66. The Morgan fingerprint density at radius 2 is 2.10 bits per heavy atom. The highest BCUT2D eigenvalue weighted by Gasteiger charge is 2.42. The van der Waals surface area contributed by atoms with Gasteiger partial charge in [-0.2, -0.15) is 0 Å². The molecule has 5 heteroatoms. The van der Waals surface area contributed by atoms with Crippen LogP contribution >= 0.6 is 0 Å². The van der Waals surface area contributed by atoms with Gasteiger partial charge in [-0.3, -0.25) is 9.59 Å². The molecule has 1 aliphatic heterocycles. The van der Waals surface area contributed by atoms with Crippen LogP contribution in [0, 0.1) is 23.2 Å². The van der Waals surface area contributed by atoms with Gasteiger partial charge in [-0.25, -0.2) is 0 Å². The maximum Gasteiger partial charge on any atom is 0.311 e. The summed E-state index contributed by atoms with van der Waals surface area (Å²) in [6.45, 7) is 8.11. The quantitative estimate of drug-likeness (QED) is 0.667.